The molecule has 1 N–H and O–H groups in total. The largest absolute Gasteiger partial charge is 0.360 e. The van der Waals surface area contributed by atoms with Crippen molar-refractivity contribution in [1.29, 1.82) is 0 Å². The highest BCUT2D eigenvalue weighted by Crippen LogP contribution is 2.40. The smallest absolute Gasteiger partial charge is 0.169 e. The number of hydrogen-bond donors (Lipinski definition) is 1. The van der Waals surface area contributed by atoms with E-state index in [0.717, 1.165) is 35.3 Å². The van der Waals surface area contributed by atoms with Crippen LogP contribution in [0.2, 0.25) is 0 Å². The lowest BCUT2D eigenvalue weighted by Gasteiger charge is -2.40. The van der Waals surface area contributed by atoms with Crippen LogP contribution in [-0.4, -0.2) is 53.7 Å². The van der Waals surface area contributed by atoms with Gasteiger partial charge in [-0.1, -0.05) is 34.6 Å². The minimum absolute atomic E-state index is 0.502. The number of nitrogens with one attached hydrogen (secondary N) is 1. The van der Waals surface area contributed by atoms with Crippen molar-refractivity contribution in [2.45, 2.75) is 85.6 Å². The SMILES string of the molecule is CC(C)C[C@H]1CNC(=S)N1CC1CCN(CC2CCC(C(C)(C)C)CC2)CC1. The molecule has 3 fully saturated rings. The van der Waals surface area contributed by atoms with Crippen molar-refractivity contribution in [1.82, 2.24) is 15.1 Å². The minimum atomic E-state index is 0.502. The van der Waals surface area contributed by atoms with Crippen LogP contribution in [0.25, 0.3) is 0 Å². The molecule has 3 rings (SSSR count). The molecule has 0 spiro atoms. The number of rotatable bonds is 6. The maximum atomic E-state index is 5.61. The van der Waals surface area contributed by atoms with E-state index in [0.29, 0.717) is 11.5 Å². The monoisotopic (exact) mass is 407 g/mol. The van der Waals surface area contributed by atoms with Gasteiger partial charge < -0.3 is 15.1 Å². The molecule has 2 saturated heterocycles. The van der Waals surface area contributed by atoms with Gasteiger partial charge in [-0.3, -0.25) is 0 Å². The zero-order valence-corrected chi connectivity index (χ0v) is 20.0. The molecule has 0 unspecified atom stereocenters. The number of likely N-dealkylation sites (tertiary alicyclic amines) is 1. The first-order valence-electron chi connectivity index (χ1n) is 12.0. The van der Waals surface area contributed by atoms with Crippen LogP contribution in [0.1, 0.15) is 79.6 Å². The van der Waals surface area contributed by atoms with Crippen molar-refractivity contribution in [2.24, 2.45) is 29.1 Å². The molecule has 1 atom stereocenters. The van der Waals surface area contributed by atoms with E-state index in [2.05, 4.69) is 49.7 Å². The van der Waals surface area contributed by atoms with Crippen LogP contribution in [0.5, 0.6) is 0 Å². The summed E-state index contributed by atoms with van der Waals surface area (Å²) in [6.07, 6.45) is 9.75. The second kappa shape index (κ2) is 9.64. The average Bonchev–Trinajstić information content (AvgIpc) is 2.96. The molecule has 3 nitrogen and oxygen atoms in total. The van der Waals surface area contributed by atoms with E-state index in [-0.39, 0.29) is 0 Å². The Hall–Kier alpha value is -0.350. The Balaban J connectivity index is 1.38. The lowest BCUT2D eigenvalue weighted by molar-refractivity contribution is 0.101. The highest BCUT2D eigenvalue weighted by Gasteiger charge is 2.33. The number of nitrogens with zero attached hydrogens (tertiary/aromatic N) is 2. The number of thiocarbonyl (C=S) groups is 1. The summed E-state index contributed by atoms with van der Waals surface area (Å²) in [6, 6.07) is 0.614. The zero-order valence-electron chi connectivity index (χ0n) is 19.2. The van der Waals surface area contributed by atoms with Crippen molar-refractivity contribution in [3.63, 3.8) is 0 Å². The molecule has 162 valence electrons. The Morgan fingerprint density at radius 1 is 0.964 bits per heavy atom. The first-order valence-corrected chi connectivity index (χ1v) is 12.4. The van der Waals surface area contributed by atoms with Gasteiger partial charge in [0.15, 0.2) is 5.11 Å². The van der Waals surface area contributed by atoms with E-state index in [1.807, 2.05) is 0 Å². The van der Waals surface area contributed by atoms with Crippen LogP contribution in [0.4, 0.5) is 0 Å². The summed E-state index contributed by atoms with van der Waals surface area (Å²) in [4.78, 5) is 5.29. The second-order valence-corrected chi connectivity index (χ2v) is 11.8. The number of piperidine rings is 1. The van der Waals surface area contributed by atoms with Crippen LogP contribution in [0.15, 0.2) is 0 Å². The van der Waals surface area contributed by atoms with E-state index in [4.69, 9.17) is 12.2 Å². The van der Waals surface area contributed by atoms with Crippen molar-refractivity contribution in [3.8, 4) is 0 Å². The van der Waals surface area contributed by atoms with Gasteiger partial charge >= 0.3 is 0 Å². The number of hydrogen-bond acceptors (Lipinski definition) is 2. The highest BCUT2D eigenvalue weighted by atomic mass is 32.1. The summed E-state index contributed by atoms with van der Waals surface area (Å²) in [6.45, 7) is 18.1. The summed E-state index contributed by atoms with van der Waals surface area (Å²) >= 11 is 5.61. The van der Waals surface area contributed by atoms with Crippen molar-refractivity contribution >= 4 is 17.3 Å². The molecule has 4 heteroatoms. The van der Waals surface area contributed by atoms with Gasteiger partial charge in [0.1, 0.15) is 0 Å². The van der Waals surface area contributed by atoms with Crippen LogP contribution in [-0.2, 0) is 0 Å². The molecule has 0 bridgehead atoms. The summed E-state index contributed by atoms with van der Waals surface area (Å²) in [5.41, 5.74) is 0.502. The predicted octanol–water partition coefficient (Wildman–Crippen LogP) is 5.16. The van der Waals surface area contributed by atoms with Crippen LogP contribution >= 0.6 is 12.2 Å². The van der Waals surface area contributed by atoms with Gasteiger partial charge in [0.05, 0.1) is 0 Å². The maximum Gasteiger partial charge on any atom is 0.169 e. The second-order valence-electron chi connectivity index (χ2n) is 11.4. The van der Waals surface area contributed by atoms with Crippen molar-refractivity contribution < 1.29 is 0 Å². The zero-order chi connectivity index (χ0) is 20.3. The van der Waals surface area contributed by atoms with Gasteiger partial charge in [-0.25, -0.2) is 0 Å². The van der Waals surface area contributed by atoms with Crippen LogP contribution in [0, 0.1) is 29.1 Å². The lowest BCUT2D eigenvalue weighted by atomic mass is 9.70. The normalized spacial score (nSPS) is 30.9. The summed E-state index contributed by atoms with van der Waals surface area (Å²) in [5.74, 6) is 3.44. The first-order chi connectivity index (χ1) is 13.2. The summed E-state index contributed by atoms with van der Waals surface area (Å²) in [5, 5.41) is 4.44. The van der Waals surface area contributed by atoms with Crippen LogP contribution < -0.4 is 5.32 Å². The Morgan fingerprint density at radius 3 is 2.14 bits per heavy atom. The van der Waals surface area contributed by atoms with Gasteiger partial charge in [-0.15, -0.1) is 0 Å². The molecule has 2 aliphatic heterocycles. The highest BCUT2D eigenvalue weighted by molar-refractivity contribution is 7.80. The summed E-state index contributed by atoms with van der Waals surface area (Å²) < 4.78 is 0. The molecule has 2 heterocycles. The topological polar surface area (TPSA) is 18.5 Å². The molecule has 1 aliphatic carbocycles. The van der Waals surface area contributed by atoms with E-state index >= 15 is 0 Å². The average molecular weight is 408 g/mol. The molecule has 0 radical (unpaired) electrons. The molecular weight excluding hydrogens is 362 g/mol. The maximum absolute atomic E-state index is 5.61. The van der Waals surface area contributed by atoms with Gasteiger partial charge in [0, 0.05) is 25.7 Å². The molecule has 0 aromatic carbocycles. The van der Waals surface area contributed by atoms with Gasteiger partial charge in [-0.05, 0) is 99.3 Å². The minimum Gasteiger partial charge on any atom is -0.360 e. The van der Waals surface area contributed by atoms with E-state index in [1.165, 1.54) is 71.1 Å². The third-order valence-electron chi connectivity index (χ3n) is 7.68. The fourth-order valence-electron chi connectivity index (χ4n) is 5.78. The quantitative estimate of drug-likeness (QED) is 0.613. The predicted molar refractivity (Wildman–Crippen MR) is 125 cm³/mol. The molecule has 0 amide bonds. The van der Waals surface area contributed by atoms with Crippen molar-refractivity contribution in [2.75, 3.05) is 32.7 Å². The van der Waals surface area contributed by atoms with E-state index < -0.39 is 0 Å². The van der Waals surface area contributed by atoms with Gasteiger partial charge in [-0.2, -0.15) is 0 Å². The lowest BCUT2D eigenvalue weighted by Crippen LogP contribution is -2.44. The molecule has 0 aromatic rings. The van der Waals surface area contributed by atoms with E-state index in [1.54, 1.807) is 0 Å². The third kappa shape index (κ3) is 6.08. The fraction of sp³-hybridized carbons (Fsp3) is 0.958. The first kappa shape index (κ1) is 22.3. The fourth-order valence-corrected chi connectivity index (χ4v) is 6.08. The molecule has 1 saturated carbocycles. The standard InChI is InChI=1S/C24H45N3S/c1-18(2)14-22-15-25-23(28)27(22)17-20-10-12-26(13-11-20)16-19-6-8-21(9-7-19)24(3,4)5/h18-22H,6-17H2,1-5H3,(H,25,28)/t19?,21?,22-/m0/s1. The Kier molecular flexibility index (Phi) is 7.69. The molecule has 3 aliphatic rings. The summed E-state index contributed by atoms with van der Waals surface area (Å²) in [7, 11) is 0. The van der Waals surface area contributed by atoms with Crippen LogP contribution in [0.3, 0.4) is 0 Å². The van der Waals surface area contributed by atoms with Gasteiger partial charge in [0.25, 0.3) is 0 Å². The van der Waals surface area contributed by atoms with E-state index in [9.17, 15) is 0 Å². The Labute approximate surface area is 180 Å². The molecular formula is C24H45N3S. The molecule has 0 aromatic heterocycles. The van der Waals surface area contributed by atoms with Gasteiger partial charge in [0.2, 0.25) is 0 Å². The molecule has 28 heavy (non-hydrogen) atoms. The van der Waals surface area contributed by atoms with Crippen molar-refractivity contribution in [3.05, 3.63) is 0 Å². The third-order valence-corrected chi connectivity index (χ3v) is 8.06. The Morgan fingerprint density at radius 2 is 1.57 bits per heavy atom. The Bertz CT molecular complexity index is 496.